The minimum atomic E-state index is -0.487. The smallest absolute Gasteiger partial charge is 0.208 e. The van der Waals surface area contributed by atoms with Crippen molar-refractivity contribution in [3.8, 4) is 24.7 Å². The largest absolute Gasteiger partial charge is 0.285 e. The Labute approximate surface area is 72.3 Å². The van der Waals surface area contributed by atoms with Crippen LogP contribution in [-0.4, -0.2) is 11.6 Å². The molecule has 0 spiro atoms. The van der Waals surface area contributed by atoms with Crippen molar-refractivity contribution < 1.29 is 9.59 Å². The van der Waals surface area contributed by atoms with Crippen molar-refractivity contribution in [2.75, 3.05) is 0 Å². The Balaban J connectivity index is 4.44. The molecule has 2 atom stereocenters. The molecule has 0 rings (SSSR count). The normalized spacial score (nSPS) is 13.7. The van der Waals surface area contributed by atoms with Gasteiger partial charge in [0.05, 0.1) is 0 Å². The summed E-state index contributed by atoms with van der Waals surface area (Å²) in [7, 11) is 0. The zero-order valence-corrected chi connectivity index (χ0v) is 7.13. The molecular formula is C10H10O2. The number of rotatable bonds is 3. The van der Waals surface area contributed by atoms with E-state index in [1.165, 1.54) is 0 Å². The van der Waals surface area contributed by atoms with Crippen LogP contribution in [0.4, 0.5) is 0 Å². The molecule has 0 aromatic carbocycles. The monoisotopic (exact) mass is 162 g/mol. The fraction of sp³-hybridized carbons (Fsp3) is 0.400. The number of hydrogen-bond acceptors (Lipinski definition) is 2. The highest BCUT2D eigenvalue weighted by atomic mass is 16.1. The van der Waals surface area contributed by atoms with E-state index in [0.717, 1.165) is 0 Å². The van der Waals surface area contributed by atoms with Crippen LogP contribution in [0.1, 0.15) is 13.8 Å². The zero-order valence-electron chi connectivity index (χ0n) is 7.13. The van der Waals surface area contributed by atoms with Gasteiger partial charge in [0, 0.05) is 11.8 Å². The van der Waals surface area contributed by atoms with Crippen molar-refractivity contribution in [1.29, 1.82) is 0 Å². The molecule has 1 unspecified atom stereocenters. The van der Waals surface area contributed by atoms with Gasteiger partial charge >= 0.3 is 0 Å². The molecule has 0 amide bonds. The fourth-order valence-electron chi connectivity index (χ4n) is 0.717. The standard InChI is InChI=1S/C10H10O2/c1-5-9(11)7(3)8(4)10(12)6-2/h1-2,7-8H,3-4H3/t7-,8?/m0/s1. The first-order valence-electron chi connectivity index (χ1n) is 3.55. The summed E-state index contributed by atoms with van der Waals surface area (Å²) < 4.78 is 0. The lowest BCUT2D eigenvalue weighted by Gasteiger charge is -2.11. The van der Waals surface area contributed by atoms with Crippen LogP contribution in [0.5, 0.6) is 0 Å². The molecule has 0 aromatic heterocycles. The van der Waals surface area contributed by atoms with Gasteiger partial charge in [-0.2, -0.15) is 0 Å². The molecule has 0 radical (unpaired) electrons. The van der Waals surface area contributed by atoms with Crippen molar-refractivity contribution in [1.82, 2.24) is 0 Å². The Kier molecular flexibility index (Phi) is 3.80. The van der Waals surface area contributed by atoms with Gasteiger partial charge in [-0.3, -0.25) is 9.59 Å². The van der Waals surface area contributed by atoms with Crippen molar-refractivity contribution in [2.45, 2.75) is 13.8 Å². The summed E-state index contributed by atoms with van der Waals surface area (Å²) in [6.07, 6.45) is 9.78. The second-order valence-electron chi connectivity index (χ2n) is 2.59. The van der Waals surface area contributed by atoms with Gasteiger partial charge in [0.1, 0.15) is 0 Å². The molecule has 0 aliphatic carbocycles. The van der Waals surface area contributed by atoms with E-state index >= 15 is 0 Å². The third-order valence-electron chi connectivity index (χ3n) is 1.86. The Hall–Kier alpha value is -1.54. The summed E-state index contributed by atoms with van der Waals surface area (Å²) in [5, 5.41) is 0. The van der Waals surface area contributed by atoms with Crippen LogP contribution in [0.25, 0.3) is 0 Å². The Morgan fingerprint density at radius 2 is 1.25 bits per heavy atom. The maximum absolute atomic E-state index is 10.9. The van der Waals surface area contributed by atoms with E-state index in [2.05, 4.69) is 0 Å². The summed E-state index contributed by atoms with van der Waals surface area (Å²) in [6, 6.07) is 0. The molecule has 0 aromatic rings. The number of Topliss-reactive ketones (excluding diaryl/α,β-unsaturated/α-hetero) is 2. The third kappa shape index (κ3) is 2.25. The van der Waals surface area contributed by atoms with Crippen LogP contribution in [0.15, 0.2) is 0 Å². The molecule has 0 heterocycles. The van der Waals surface area contributed by atoms with Gasteiger partial charge in [-0.25, -0.2) is 0 Å². The first kappa shape index (κ1) is 10.5. The first-order chi connectivity index (χ1) is 5.54. The Morgan fingerprint density at radius 3 is 1.42 bits per heavy atom. The predicted octanol–water partition coefficient (Wildman–Crippen LogP) is 0.663. The number of carbonyl (C=O) groups excluding carboxylic acids is 2. The molecule has 0 saturated heterocycles. The van der Waals surface area contributed by atoms with Crippen molar-refractivity contribution in [3.05, 3.63) is 0 Å². The minimum Gasteiger partial charge on any atom is -0.285 e. The van der Waals surface area contributed by atoms with E-state index in [1.807, 2.05) is 11.8 Å². The van der Waals surface area contributed by atoms with Gasteiger partial charge in [-0.05, 0) is 11.8 Å². The average molecular weight is 162 g/mol. The quantitative estimate of drug-likeness (QED) is 0.451. The maximum Gasteiger partial charge on any atom is 0.208 e. The van der Waals surface area contributed by atoms with Crippen molar-refractivity contribution in [3.63, 3.8) is 0 Å². The number of carbonyl (C=O) groups is 2. The van der Waals surface area contributed by atoms with E-state index in [-0.39, 0.29) is 11.6 Å². The second kappa shape index (κ2) is 4.36. The molecule has 0 aliphatic heterocycles. The summed E-state index contributed by atoms with van der Waals surface area (Å²) in [6.45, 7) is 3.20. The van der Waals surface area contributed by atoms with E-state index in [9.17, 15) is 9.59 Å². The van der Waals surface area contributed by atoms with Gasteiger partial charge in [-0.15, -0.1) is 12.8 Å². The van der Waals surface area contributed by atoms with Crippen LogP contribution in [-0.2, 0) is 9.59 Å². The molecule has 0 N–H and O–H groups in total. The molecule has 62 valence electrons. The molecular weight excluding hydrogens is 152 g/mol. The van der Waals surface area contributed by atoms with Crippen LogP contribution in [0, 0.1) is 36.5 Å². The van der Waals surface area contributed by atoms with Crippen molar-refractivity contribution in [2.24, 2.45) is 11.8 Å². The molecule has 0 aliphatic rings. The lowest BCUT2D eigenvalue weighted by Crippen LogP contribution is -2.23. The van der Waals surface area contributed by atoms with Crippen LogP contribution >= 0.6 is 0 Å². The van der Waals surface area contributed by atoms with E-state index in [0.29, 0.717) is 0 Å². The van der Waals surface area contributed by atoms with Gasteiger partial charge in [0.2, 0.25) is 11.6 Å². The van der Waals surface area contributed by atoms with Crippen LogP contribution < -0.4 is 0 Å². The van der Waals surface area contributed by atoms with Gasteiger partial charge in [0.15, 0.2) is 0 Å². The fourth-order valence-corrected chi connectivity index (χ4v) is 0.717. The minimum absolute atomic E-state index is 0.383. The highest BCUT2D eigenvalue weighted by Gasteiger charge is 2.23. The topological polar surface area (TPSA) is 34.1 Å². The van der Waals surface area contributed by atoms with E-state index < -0.39 is 11.8 Å². The summed E-state index contributed by atoms with van der Waals surface area (Å²) >= 11 is 0. The molecule has 0 saturated carbocycles. The number of ketones is 2. The lowest BCUT2D eigenvalue weighted by atomic mass is 9.89. The van der Waals surface area contributed by atoms with Gasteiger partial charge in [-0.1, -0.05) is 13.8 Å². The van der Waals surface area contributed by atoms with Crippen molar-refractivity contribution >= 4 is 11.6 Å². The average Bonchev–Trinajstić information content (AvgIpc) is 2.12. The first-order valence-corrected chi connectivity index (χ1v) is 3.55. The molecule has 2 heteroatoms. The Morgan fingerprint density at radius 1 is 1.00 bits per heavy atom. The third-order valence-corrected chi connectivity index (χ3v) is 1.86. The zero-order chi connectivity index (χ0) is 9.72. The molecule has 12 heavy (non-hydrogen) atoms. The maximum atomic E-state index is 10.9. The highest BCUT2D eigenvalue weighted by Crippen LogP contribution is 2.12. The number of terminal acetylenes is 2. The second-order valence-corrected chi connectivity index (χ2v) is 2.59. The van der Waals surface area contributed by atoms with E-state index in [1.54, 1.807) is 13.8 Å². The Bertz CT molecular complexity index is 245. The van der Waals surface area contributed by atoms with Gasteiger partial charge in [0.25, 0.3) is 0 Å². The summed E-state index contributed by atoms with van der Waals surface area (Å²) in [5.41, 5.74) is 0. The molecule has 0 fully saturated rings. The van der Waals surface area contributed by atoms with Crippen LogP contribution in [0.2, 0.25) is 0 Å². The predicted molar refractivity (Wildman–Crippen MR) is 46.0 cm³/mol. The summed E-state index contributed by atoms with van der Waals surface area (Å²) in [5.74, 6) is 2.19. The highest BCUT2D eigenvalue weighted by molar-refractivity contribution is 6.03. The lowest BCUT2D eigenvalue weighted by molar-refractivity contribution is -0.125. The van der Waals surface area contributed by atoms with Gasteiger partial charge < -0.3 is 0 Å². The molecule has 2 nitrogen and oxygen atoms in total. The number of hydrogen-bond donors (Lipinski definition) is 0. The summed E-state index contributed by atoms with van der Waals surface area (Å²) in [4.78, 5) is 21.8. The van der Waals surface area contributed by atoms with E-state index in [4.69, 9.17) is 12.8 Å². The van der Waals surface area contributed by atoms with Crippen LogP contribution in [0.3, 0.4) is 0 Å². The molecule has 0 bridgehead atoms. The SMILES string of the molecule is C#CC(=O)C(C)[C@H](C)C(=O)C#C.